The van der Waals surface area contributed by atoms with Crippen molar-refractivity contribution in [1.29, 1.82) is 0 Å². The van der Waals surface area contributed by atoms with Crippen LogP contribution in [0.5, 0.6) is 0 Å². The molecule has 0 bridgehead atoms. The maximum absolute atomic E-state index is 11.9. The molecule has 1 aliphatic carbocycles. The number of azide groups is 2. The molecule has 0 aromatic carbocycles. The highest BCUT2D eigenvalue weighted by Crippen LogP contribution is 2.34. The Labute approximate surface area is 205 Å². The van der Waals surface area contributed by atoms with Crippen molar-refractivity contribution in [2.45, 2.75) is 95.9 Å². The minimum Gasteiger partial charge on any atom is -0.463 e. The second-order valence-corrected chi connectivity index (χ2v) is 8.14. The molecule has 0 aromatic rings. The Balaban J connectivity index is 2.46. The van der Waals surface area contributed by atoms with Crippen LogP contribution in [0.1, 0.15) is 47.0 Å². The van der Waals surface area contributed by atoms with Crippen LogP contribution in [0, 0.1) is 0 Å². The molecule has 16 nitrogen and oxygen atoms in total. The van der Waals surface area contributed by atoms with Crippen LogP contribution >= 0.6 is 0 Å². The van der Waals surface area contributed by atoms with Crippen LogP contribution in [0.2, 0.25) is 0 Å². The van der Waals surface area contributed by atoms with Gasteiger partial charge in [-0.2, -0.15) is 0 Å². The standard InChI is InChI=1S/C20H28N6O10/c1-9(27)31-8-15-18(33-11(3)29)16(24-26-22)19(34-12(4)30)20(36-15)35-14-7-5-6-13(23-25-21)17(14)32-10(2)28/h13-20H,5-8H2,1-4H3/t13?,14-,15?,16?,17?,18+,19?,20-/m1/s1. The van der Waals surface area contributed by atoms with Crippen LogP contribution in [-0.2, 0) is 47.6 Å². The Morgan fingerprint density at radius 3 is 1.97 bits per heavy atom. The van der Waals surface area contributed by atoms with Gasteiger partial charge in [-0.25, -0.2) is 0 Å². The summed E-state index contributed by atoms with van der Waals surface area (Å²) in [5, 5.41) is 7.36. The van der Waals surface area contributed by atoms with E-state index >= 15 is 0 Å². The molecule has 1 saturated carbocycles. The predicted octanol–water partition coefficient (Wildman–Crippen LogP) is 2.00. The first-order valence-electron chi connectivity index (χ1n) is 11.1. The van der Waals surface area contributed by atoms with Gasteiger partial charge in [-0.15, -0.1) is 0 Å². The number of hydrogen-bond donors (Lipinski definition) is 0. The lowest BCUT2D eigenvalue weighted by Crippen LogP contribution is -2.62. The fourth-order valence-corrected chi connectivity index (χ4v) is 4.14. The second-order valence-electron chi connectivity index (χ2n) is 8.14. The fraction of sp³-hybridized carbons (Fsp3) is 0.800. The number of carbonyl (C=O) groups excluding carboxylic acids is 4. The number of rotatable bonds is 9. The Morgan fingerprint density at radius 2 is 1.42 bits per heavy atom. The molecule has 1 saturated heterocycles. The number of nitrogens with zero attached hydrogens (tertiary/aromatic N) is 6. The van der Waals surface area contributed by atoms with E-state index in [4.69, 9.17) is 34.0 Å². The van der Waals surface area contributed by atoms with Gasteiger partial charge < -0.3 is 28.4 Å². The molecule has 0 amide bonds. The average molecular weight is 512 g/mol. The molecule has 1 heterocycles. The molecule has 198 valence electrons. The van der Waals surface area contributed by atoms with Gasteiger partial charge in [-0.3, -0.25) is 19.2 Å². The molecule has 16 heteroatoms. The predicted molar refractivity (Wildman–Crippen MR) is 117 cm³/mol. The second kappa shape index (κ2) is 13.5. The van der Waals surface area contributed by atoms with E-state index in [1.807, 2.05) is 0 Å². The van der Waals surface area contributed by atoms with Crippen molar-refractivity contribution in [1.82, 2.24) is 0 Å². The summed E-state index contributed by atoms with van der Waals surface area (Å²) in [5.41, 5.74) is 18.1. The van der Waals surface area contributed by atoms with Crippen molar-refractivity contribution < 1.29 is 47.6 Å². The zero-order chi connectivity index (χ0) is 26.8. The lowest BCUT2D eigenvalue weighted by Gasteiger charge is -2.45. The molecule has 2 aliphatic rings. The number of ether oxygens (including phenoxy) is 6. The van der Waals surface area contributed by atoms with Crippen LogP contribution in [0.25, 0.3) is 20.9 Å². The normalized spacial score (nSPS) is 31.6. The smallest absolute Gasteiger partial charge is 0.303 e. The Morgan fingerprint density at radius 1 is 0.833 bits per heavy atom. The maximum atomic E-state index is 11.9. The summed E-state index contributed by atoms with van der Waals surface area (Å²) >= 11 is 0. The van der Waals surface area contributed by atoms with Crippen molar-refractivity contribution in [2.24, 2.45) is 10.2 Å². The van der Waals surface area contributed by atoms with Crippen molar-refractivity contribution in [3.63, 3.8) is 0 Å². The molecule has 2 rings (SSSR count). The monoisotopic (exact) mass is 512 g/mol. The molecule has 8 atom stereocenters. The quantitative estimate of drug-likeness (QED) is 0.144. The largest absolute Gasteiger partial charge is 0.463 e. The van der Waals surface area contributed by atoms with Gasteiger partial charge in [0.05, 0.1) is 12.1 Å². The Hall–Kier alpha value is -3.58. The summed E-state index contributed by atoms with van der Waals surface area (Å²) in [6.45, 7) is 4.16. The van der Waals surface area contributed by atoms with E-state index in [1.165, 1.54) is 6.92 Å². The SMILES string of the molecule is CC(=O)OCC1O[C@@H](O[C@@H]2CCCC(N=[N+]=[N-])C2OC(C)=O)C(OC(C)=O)C(N=[N+]=[N-])[C@H]1OC(C)=O. The van der Waals surface area contributed by atoms with E-state index in [2.05, 4.69) is 20.1 Å². The summed E-state index contributed by atoms with van der Waals surface area (Å²) in [7, 11) is 0. The van der Waals surface area contributed by atoms with E-state index in [0.29, 0.717) is 19.3 Å². The molecule has 0 N–H and O–H groups in total. The lowest BCUT2D eigenvalue weighted by atomic mass is 9.89. The van der Waals surface area contributed by atoms with E-state index < -0.39 is 79.4 Å². The molecule has 0 spiro atoms. The molecule has 0 aromatic heterocycles. The highest BCUT2D eigenvalue weighted by Gasteiger charge is 2.52. The summed E-state index contributed by atoms with van der Waals surface area (Å²) < 4.78 is 33.0. The molecule has 5 unspecified atom stereocenters. The highest BCUT2D eigenvalue weighted by molar-refractivity contribution is 5.67. The van der Waals surface area contributed by atoms with Gasteiger partial charge in [-0.1, -0.05) is 16.6 Å². The lowest BCUT2D eigenvalue weighted by molar-refractivity contribution is -0.303. The molecule has 1 aliphatic heterocycles. The van der Waals surface area contributed by atoms with Gasteiger partial charge in [-0.05, 0) is 23.9 Å². The minimum atomic E-state index is -1.43. The summed E-state index contributed by atoms with van der Waals surface area (Å²) in [4.78, 5) is 52.4. The third kappa shape index (κ3) is 7.99. The van der Waals surface area contributed by atoms with Gasteiger partial charge in [0.15, 0.2) is 12.4 Å². The highest BCUT2D eigenvalue weighted by atomic mass is 16.7. The first-order valence-corrected chi connectivity index (χ1v) is 11.1. The Bertz CT molecular complexity index is 934. The topological polar surface area (TPSA) is 221 Å². The third-order valence-electron chi connectivity index (χ3n) is 5.40. The third-order valence-corrected chi connectivity index (χ3v) is 5.40. The van der Waals surface area contributed by atoms with Gasteiger partial charge in [0.2, 0.25) is 0 Å². The maximum Gasteiger partial charge on any atom is 0.303 e. The molecule has 0 radical (unpaired) electrons. The average Bonchev–Trinajstić information content (AvgIpc) is 2.77. The molecular weight excluding hydrogens is 484 g/mol. The van der Waals surface area contributed by atoms with Gasteiger partial charge in [0.1, 0.15) is 31.0 Å². The number of esters is 4. The number of carbonyl (C=O) groups is 4. The van der Waals surface area contributed by atoms with Crippen molar-refractivity contribution >= 4 is 23.9 Å². The van der Waals surface area contributed by atoms with Crippen LogP contribution in [0.4, 0.5) is 0 Å². The summed E-state index contributed by atoms with van der Waals surface area (Å²) in [6, 6.07) is -2.06. The summed E-state index contributed by atoms with van der Waals surface area (Å²) in [5.74, 6) is -2.82. The van der Waals surface area contributed by atoms with E-state index in [-0.39, 0.29) is 0 Å². The molecule has 36 heavy (non-hydrogen) atoms. The van der Waals surface area contributed by atoms with Crippen LogP contribution in [-0.4, -0.2) is 79.4 Å². The van der Waals surface area contributed by atoms with Gasteiger partial charge >= 0.3 is 23.9 Å². The van der Waals surface area contributed by atoms with Crippen molar-refractivity contribution in [3.8, 4) is 0 Å². The fourth-order valence-electron chi connectivity index (χ4n) is 4.14. The zero-order valence-electron chi connectivity index (χ0n) is 20.2. The molecular formula is C20H28N6O10. The first kappa shape index (κ1) is 28.7. The van der Waals surface area contributed by atoms with Gasteiger partial charge in [0, 0.05) is 37.5 Å². The summed E-state index contributed by atoms with van der Waals surface area (Å²) in [6.07, 6.45) is -5.80. The van der Waals surface area contributed by atoms with E-state index in [9.17, 15) is 24.7 Å². The minimum absolute atomic E-state index is 0.357. The van der Waals surface area contributed by atoms with Gasteiger partial charge in [0.25, 0.3) is 0 Å². The van der Waals surface area contributed by atoms with Crippen LogP contribution in [0.15, 0.2) is 10.2 Å². The Kier molecular flexibility index (Phi) is 10.7. The van der Waals surface area contributed by atoms with Crippen molar-refractivity contribution in [2.75, 3.05) is 6.61 Å². The van der Waals surface area contributed by atoms with E-state index in [0.717, 1.165) is 20.8 Å². The number of hydrogen-bond acceptors (Lipinski definition) is 12. The van der Waals surface area contributed by atoms with E-state index in [1.54, 1.807) is 0 Å². The van der Waals surface area contributed by atoms with Crippen LogP contribution < -0.4 is 0 Å². The first-order chi connectivity index (χ1) is 17.1. The zero-order valence-corrected chi connectivity index (χ0v) is 20.2. The molecule has 2 fully saturated rings. The van der Waals surface area contributed by atoms with Crippen LogP contribution in [0.3, 0.4) is 0 Å². The van der Waals surface area contributed by atoms with Crippen molar-refractivity contribution in [3.05, 3.63) is 20.9 Å².